The van der Waals surface area contributed by atoms with Crippen LogP contribution >= 0.6 is 11.6 Å². The molecule has 2 atom stereocenters. The van der Waals surface area contributed by atoms with Gasteiger partial charge in [-0.15, -0.1) is 0 Å². The van der Waals surface area contributed by atoms with Crippen LogP contribution < -0.4 is 5.32 Å². The van der Waals surface area contributed by atoms with Gasteiger partial charge in [0.2, 0.25) is 0 Å². The summed E-state index contributed by atoms with van der Waals surface area (Å²) in [6, 6.07) is 19.2. The van der Waals surface area contributed by atoms with Gasteiger partial charge in [-0.1, -0.05) is 54.1 Å². The molecular formula is C21H22ClNO2. The molecule has 0 aliphatic heterocycles. The molecule has 2 aromatic carbocycles. The molecule has 0 aliphatic rings. The van der Waals surface area contributed by atoms with Crippen LogP contribution in [0.1, 0.15) is 29.9 Å². The number of halogens is 1. The van der Waals surface area contributed by atoms with Crippen LogP contribution in [-0.4, -0.2) is 11.1 Å². The predicted molar refractivity (Wildman–Crippen MR) is 102 cm³/mol. The Balaban J connectivity index is 1.65. The lowest BCUT2D eigenvalue weighted by molar-refractivity contribution is 0.134. The quantitative estimate of drug-likeness (QED) is 0.645. The molecule has 1 aromatic heterocycles. The minimum absolute atomic E-state index is 0.0937. The molecule has 0 saturated carbocycles. The van der Waals surface area contributed by atoms with Gasteiger partial charge in [0, 0.05) is 16.6 Å². The summed E-state index contributed by atoms with van der Waals surface area (Å²) in [6.07, 6.45) is -0.564. The Labute approximate surface area is 153 Å². The number of rotatable bonds is 6. The van der Waals surface area contributed by atoms with Gasteiger partial charge in [0.1, 0.15) is 11.5 Å². The molecule has 0 radical (unpaired) electrons. The van der Waals surface area contributed by atoms with Crippen molar-refractivity contribution in [3.8, 4) is 11.3 Å². The van der Waals surface area contributed by atoms with E-state index in [4.69, 9.17) is 16.0 Å². The van der Waals surface area contributed by atoms with Gasteiger partial charge in [0.15, 0.2) is 0 Å². The van der Waals surface area contributed by atoms with Gasteiger partial charge in [-0.05, 0) is 43.2 Å². The third-order valence-corrected chi connectivity index (χ3v) is 4.82. The first kappa shape index (κ1) is 17.7. The third-order valence-electron chi connectivity index (χ3n) is 4.41. The number of nitrogens with one attached hydrogen (secondary N) is 1. The predicted octanol–water partition coefficient (Wildman–Crippen LogP) is 5.12. The smallest absolute Gasteiger partial charge is 0.134 e. The molecule has 3 nitrogen and oxygen atoms in total. The highest BCUT2D eigenvalue weighted by atomic mass is 35.5. The zero-order valence-electron chi connectivity index (χ0n) is 14.4. The zero-order valence-corrected chi connectivity index (χ0v) is 15.1. The van der Waals surface area contributed by atoms with E-state index in [1.165, 1.54) is 0 Å². The number of aliphatic hydroxyl groups excluding tert-OH is 1. The van der Waals surface area contributed by atoms with Crippen LogP contribution in [-0.2, 0) is 6.54 Å². The fraction of sp³-hybridized carbons (Fsp3) is 0.238. The molecule has 0 spiro atoms. The SMILES string of the molecule is Cc1c(Cl)cccc1-c1ccc(CN[C@H](C)[C@@H](O)c2ccccc2)o1. The molecule has 0 saturated heterocycles. The van der Waals surface area contributed by atoms with Gasteiger partial charge in [0.05, 0.1) is 12.6 Å². The number of benzene rings is 2. The number of furan rings is 1. The summed E-state index contributed by atoms with van der Waals surface area (Å²) >= 11 is 6.18. The maximum Gasteiger partial charge on any atom is 0.134 e. The average molecular weight is 356 g/mol. The third kappa shape index (κ3) is 4.13. The van der Waals surface area contributed by atoms with Gasteiger partial charge in [-0.25, -0.2) is 0 Å². The van der Waals surface area contributed by atoms with Gasteiger partial charge in [-0.2, -0.15) is 0 Å². The molecule has 0 aliphatic carbocycles. The molecule has 4 heteroatoms. The highest BCUT2D eigenvalue weighted by molar-refractivity contribution is 6.31. The maximum absolute atomic E-state index is 10.4. The Morgan fingerprint density at radius 2 is 1.80 bits per heavy atom. The average Bonchev–Trinajstić information content (AvgIpc) is 3.11. The Kier molecular flexibility index (Phi) is 5.59. The normalized spacial score (nSPS) is 13.6. The summed E-state index contributed by atoms with van der Waals surface area (Å²) < 4.78 is 5.94. The monoisotopic (exact) mass is 355 g/mol. The van der Waals surface area contributed by atoms with Gasteiger partial charge in [0.25, 0.3) is 0 Å². The van der Waals surface area contributed by atoms with E-state index in [2.05, 4.69) is 5.32 Å². The molecule has 1 heterocycles. The molecule has 0 unspecified atom stereocenters. The summed E-state index contributed by atoms with van der Waals surface area (Å²) in [5.74, 6) is 1.62. The molecule has 130 valence electrons. The largest absolute Gasteiger partial charge is 0.460 e. The van der Waals surface area contributed by atoms with Gasteiger partial charge in [-0.3, -0.25) is 0 Å². The first-order valence-corrected chi connectivity index (χ1v) is 8.74. The van der Waals surface area contributed by atoms with Crippen LogP contribution in [0.3, 0.4) is 0 Å². The van der Waals surface area contributed by atoms with Crippen molar-refractivity contribution in [3.05, 3.63) is 82.6 Å². The van der Waals surface area contributed by atoms with Crippen molar-refractivity contribution in [2.24, 2.45) is 0 Å². The van der Waals surface area contributed by atoms with Gasteiger partial charge >= 0.3 is 0 Å². The van der Waals surface area contributed by atoms with Gasteiger partial charge < -0.3 is 14.8 Å². The zero-order chi connectivity index (χ0) is 17.8. The van der Waals surface area contributed by atoms with Crippen molar-refractivity contribution in [2.75, 3.05) is 0 Å². The molecule has 0 fully saturated rings. The van der Waals surface area contributed by atoms with E-state index in [9.17, 15) is 5.11 Å². The molecule has 3 rings (SSSR count). The summed E-state index contributed by atoms with van der Waals surface area (Å²) in [5.41, 5.74) is 2.90. The van der Waals surface area contributed by atoms with Crippen molar-refractivity contribution in [2.45, 2.75) is 32.5 Å². The van der Waals surface area contributed by atoms with Crippen molar-refractivity contribution < 1.29 is 9.52 Å². The van der Waals surface area contributed by atoms with Crippen molar-refractivity contribution >= 4 is 11.6 Å². The molecule has 0 amide bonds. The van der Waals surface area contributed by atoms with E-state index in [0.717, 1.165) is 33.2 Å². The summed E-state index contributed by atoms with van der Waals surface area (Å²) in [5, 5.41) is 14.5. The topological polar surface area (TPSA) is 45.4 Å². The Morgan fingerprint density at radius 3 is 2.56 bits per heavy atom. The van der Waals surface area contributed by atoms with Crippen molar-refractivity contribution in [1.29, 1.82) is 0 Å². The molecular weight excluding hydrogens is 334 g/mol. The minimum atomic E-state index is -0.564. The highest BCUT2D eigenvalue weighted by Crippen LogP contribution is 2.29. The van der Waals surface area contributed by atoms with Crippen LogP contribution in [0.15, 0.2) is 65.1 Å². The van der Waals surface area contributed by atoms with E-state index in [1.807, 2.05) is 74.5 Å². The van der Waals surface area contributed by atoms with Crippen molar-refractivity contribution in [3.63, 3.8) is 0 Å². The van der Waals surface area contributed by atoms with Crippen LogP contribution in [0.5, 0.6) is 0 Å². The lowest BCUT2D eigenvalue weighted by Gasteiger charge is -2.20. The Morgan fingerprint density at radius 1 is 1.04 bits per heavy atom. The first-order valence-electron chi connectivity index (χ1n) is 8.37. The lowest BCUT2D eigenvalue weighted by atomic mass is 10.0. The first-order chi connectivity index (χ1) is 12.1. The highest BCUT2D eigenvalue weighted by Gasteiger charge is 2.16. The number of hydrogen-bond acceptors (Lipinski definition) is 3. The van der Waals surface area contributed by atoms with E-state index in [1.54, 1.807) is 0 Å². The fourth-order valence-corrected chi connectivity index (χ4v) is 2.98. The van der Waals surface area contributed by atoms with E-state index in [0.29, 0.717) is 6.54 Å². The van der Waals surface area contributed by atoms with E-state index in [-0.39, 0.29) is 6.04 Å². The molecule has 3 aromatic rings. The fourth-order valence-electron chi connectivity index (χ4n) is 2.80. The van der Waals surface area contributed by atoms with Crippen LogP contribution in [0.2, 0.25) is 5.02 Å². The van der Waals surface area contributed by atoms with E-state index < -0.39 is 6.10 Å². The second kappa shape index (κ2) is 7.87. The number of hydrogen-bond donors (Lipinski definition) is 2. The molecule has 25 heavy (non-hydrogen) atoms. The Bertz CT molecular complexity index is 829. The van der Waals surface area contributed by atoms with Crippen LogP contribution in [0.25, 0.3) is 11.3 Å². The summed E-state index contributed by atoms with van der Waals surface area (Å²) in [4.78, 5) is 0. The summed E-state index contributed by atoms with van der Waals surface area (Å²) in [7, 11) is 0. The standard InChI is InChI=1S/C21H22ClNO2/c1-14-18(9-6-10-19(14)22)20-12-11-17(25-20)13-23-15(2)21(24)16-7-4-3-5-8-16/h3-12,15,21,23-24H,13H2,1-2H3/t15-,21-/m1/s1. The van der Waals surface area contributed by atoms with Crippen LogP contribution in [0.4, 0.5) is 0 Å². The minimum Gasteiger partial charge on any atom is -0.460 e. The second-order valence-corrected chi connectivity index (χ2v) is 6.61. The maximum atomic E-state index is 10.4. The van der Waals surface area contributed by atoms with Crippen molar-refractivity contribution in [1.82, 2.24) is 5.32 Å². The van der Waals surface area contributed by atoms with E-state index >= 15 is 0 Å². The summed E-state index contributed by atoms with van der Waals surface area (Å²) in [6.45, 7) is 4.49. The second-order valence-electron chi connectivity index (χ2n) is 6.20. The lowest BCUT2D eigenvalue weighted by Crippen LogP contribution is -2.31. The molecule has 2 N–H and O–H groups in total. The van der Waals surface area contributed by atoms with Crippen LogP contribution in [0, 0.1) is 6.92 Å². The Hall–Kier alpha value is -2.07. The molecule has 0 bridgehead atoms. The number of aliphatic hydroxyl groups is 1.